The van der Waals surface area contributed by atoms with E-state index >= 15 is 0 Å². The van der Waals surface area contributed by atoms with Crippen molar-refractivity contribution in [3.8, 4) is 5.75 Å². The number of halogens is 2. The van der Waals surface area contributed by atoms with Crippen LogP contribution < -0.4 is 10.1 Å². The first-order valence-corrected chi connectivity index (χ1v) is 8.42. The second-order valence-electron chi connectivity index (χ2n) is 5.19. The minimum absolute atomic E-state index is 0.486. The van der Waals surface area contributed by atoms with Crippen molar-refractivity contribution in [3.05, 3.63) is 49.6 Å². The Morgan fingerprint density at radius 2 is 2.00 bits per heavy atom. The van der Waals surface area contributed by atoms with E-state index in [1.165, 1.54) is 15.3 Å². The molecule has 0 radical (unpaired) electrons. The van der Waals surface area contributed by atoms with Crippen molar-refractivity contribution in [1.82, 2.24) is 5.32 Å². The fraction of sp³-hybridized carbons (Fsp3) is 0.375. The van der Waals surface area contributed by atoms with Crippen LogP contribution in [0.5, 0.6) is 5.75 Å². The molecule has 0 unspecified atom stereocenters. The zero-order chi connectivity index (χ0) is 15.4. The molecule has 0 aliphatic carbocycles. The maximum absolute atomic E-state index is 6.11. The van der Waals surface area contributed by atoms with Crippen LogP contribution in [0.3, 0.4) is 0 Å². The molecule has 0 bridgehead atoms. The fourth-order valence-electron chi connectivity index (χ4n) is 1.87. The average molecular weight is 344 g/mol. The summed E-state index contributed by atoms with van der Waals surface area (Å²) in [5.41, 5.74) is 1.20. The molecule has 0 spiro atoms. The van der Waals surface area contributed by atoms with Crippen LogP contribution in [0.25, 0.3) is 0 Å². The summed E-state index contributed by atoms with van der Waals surface area (Å²) in [4.78, 5) is 2.60. The van der Waals surface area contributed by atoms with Gasteiger partial charge >= 0.3 is 0 Å². The van der Waals surface area contributed by atoms with Crippen LogP contribution in [0, 0.1) is 6.92 Å². The molecule has 114 valence electrons. The SMILES string of the molecule is Cc1sc(CNC(C)C)cc1COc1ccc(Cl)cc1Cl. The number of thiophene rings is 1. The fourth-order valence-corrected chi connectivity index (χ4v) is 3.33. The van der Waals surface area contributed by atoms with E-state index in [-0.39, 0.29) is 0 Å². The number of benzene rings is 1. The minimum atomic E-state index is 0.486. The first-order chi connectivity index (χ1) is 9.95. The van der Waals surface area contributed by atoms with E-state index in [4.69, 9.17) is 27.9 Å². The number of aryl methyl sites for hydroxylation is 1. The molecule has 5 heteroatoms. The summed E-state index contributed by atoms with van der Waals surface area (Å²) >= 11 is 13.8. The van der Waals surface area contributed by atoms with Crippen LogP contribution in [0.15, 0.2) is 24.3 Å². The van der Waals surface area contributed by atoms with Gasteiger partial charge in [-0.2, -0.15) is 0 Å². The number of hydrogen-bond acceptors (Lipinski definition) is 3. The van der Waals surface area contributed by atoms with Crippen LogP contribution in [0.4, 0.5) is 0 Å². The van der Waals surface area contributed by atoms with Crippen molar-refractivity contribution in [1.29, 1.82) is 0 Å². The summed E-state index contributed by atoms with van der Waals surface area (Å²) in [5.74, 6) is 0.661. The predicted octanol–water partition coefficient (Wildman–Crippen LogP) is 5.44. The van der Waals surface area contributed by atoms with E-state index in [1.54, 1.807) is 29.5 Å². The molecule has 0 atom stereocenters. The first kappa shape index (κ1) is 16.6. The molecule has 0 saturated heterocycles. The molecule has 0 amide bonds. The van der Waals surface area contributed by atoms with Crippen molar-refractivity contribution >= 4 is 34.5 Å². The maximum atomic E-state index is 6.11. The van der Waals surface area contributed by atoms with Crippen LogP contribution in [0.1, 0.15) is 29.2 Å². The van der Waals surface area contributed by atoms with E-state index in [1.807, 2.05) is 0 Å². The zero-order valence-electron chi connectivity index (χ0n) is 12.4. The third-order valence-electron chi connectivity index (χ3n) is 3.03. The van der Waals surface area contributed by atoms with E-state index in [0.717, 1.165) is 6.54 Å². The highest BCUT2D eigenvalue weighted by Gasteiger charge is 2.08. The monoisotopic (exact) mass is 343 g/mol. The molecule has 2 rings (SSSR count). The third-order valence-corrected chi connectivity index (χ3v) is 4.66. The highest BCUT2D eigenvalue weighted by atomic mass is 35.5. The molecule has 21 heavy (non-hydrogen) atoms. The van der Waals surface area contributed by atoms with Gasteiger partial charge in [-0.25, -0.2) is 0 Å². The Morgan fingerprint density at radius 3 is 2.67 bits per heavy atom. The quantitative estimate of drug-likeness (QED) is 0.753. The van der Waals surface area contributed by atoms with Crippen LogP contribution in [-0.4, -0.2) is 6.04 Å². The molecule has 0 fully saturated rings. The highest BCUT2D eigenvalue weighted by molar-refractivity contribution is 7.12. The van der Waals surface area contributed by atoms with Crippen molar-refractivity contribution in [2.45, 2.75) is 40.0 Å². The van der Waals surface area contributed by atoms with Crippen molar-refractivity contribution in [3.63, 3.8) is 0 Å². The highest BCUT2D eigenvalue weighted by Crippen LogP contribution is 2.29. The van der Waals surface area contributed by atoms with Crippen LogP contribution in [-0.2, 0) is 13.2 Å². The van der Waals surface area contributed by atoms with Crippen LogP contribution in [0.2, 0.25) is 10.0 Å². The van der Waals surface area contributed by atoms with Gasteiger partial charge in [-0.05, 0) is 31.2 Å². The number of hydrogen-bond donors (Lipinski definition) is 1. The van der Waals surface area contributed by atoms with Gasteiger partial charge in [-0.15, -0.1) is 11.3 Å². The molecular formula is C16H19Cl2NOS. The summed E-state index contributed by atoms with van der Waals surface area (Å²) in [7, 11) is 0. The molecule has 1 N–H and O–H groups in total. The Kier molecular flexibility index (Phi) is 5.94. The normalized spacial score (nSPS) is 11.1. The smallest absolute Gasteiger partial charge is 0.138 e. The summed E-state index contributed by atoms with van der Waals surface area (Å²) in [6, 6.07) is 7.95. The molecule has 1 heterocycles. The lowest BCUT2D eigenvalue weighted by Gasteiger charge is -2.08. The first-order valence-electron chi connectivity index (χ1n) is 6.85. The molecule has 1 aromatic heterocycles. The largest absolute Gasteiger partial charge is 0.487 e. The van der Waals surface area contributed by atoms with E-state index < -0.39 is 0 Å². The number of nitrogens with one attached hydrogen (secondary N) is 1. The molecule has 2 aromatic rings. The second-order valence-corrected chi connectivity index (χ2v) is 7.38. The van der Waals surface area contributed by atoms with Gasteiger partial charge < -0.3 is 10.1 Å². The predicted molar refractivity (Wildman–Crippen MR) is 91.8 cm³/mol. The van der Waals surface area contributed by atoms with Gasteiger partial charge in [0.1, 0.15) is 12.4 Å². The Morgan fingerprint density at radius 1 is 1.24 bits per heavy atom. The van der Waals surface area contributed by atoms with Crippen molar-refractivity contribution in [2.75, 3.05) is 0 Å². The Labute approximate surface area is 140 Å². The summed E-state index contributed by atoms with van der Waals surface area (Å²) in [6.45, 7) is 7.82. The maximum Gasteiger partial charge on any atom is 0.138 e. The van der Waals surface area contributed by atoms with Gasteiger partial charge in [-0.1, -0.05) is 37.0 Å². The van der Waals surface area contributed by atoms with E-state index in [0.29, 0.717) is 28.4 Å². The lowest BCUT2D eigenvalue weighted by molar-refractivity contribution is 0.306. The van der Waals surface area contributed by atoms with Crippen molar-refractivity contribution < 1.29 is 4.74 Å². The summed E-state index contributed by atoms with van der Waals surface area (Å²) in [6.07, 6.45) is 0. The molecule has 0 aliphatic heterocycles. The molecule has 1 aromatic carbocycles. The van der Waals surface area contributed by atoms with Gasteiger partial charge in [0, 0.05) is 32.9 Å². The molecular weight excluding hydrogens is 325 g/mol. The van der Waals surface area contributed by atoms with Gasteiger partial charge in [0.25, 0.3) is 0 Å². The standard InChI is InChI=1S/C16H19Cl2NOS/c1-10(2)19-8-14-6-12(11(3)21-14)9-20-16-5-4-13(17)7-15(16)18/h4-7,10,19H,8-9H2,1-3H3. The lowest BCUT2D eigenvalue weighted by Crippen LogP contribution is -2.21. The van der Waals surface area contributed by atoms with Gasteiger partial charge in [0.15, 0.2) is 0 Å². The van der Waals surface area contributed by atoms with E-state index in [9.17, 15) is 0 Å². The lowest BCUT2D eigenvalue weighted by atomic mass is 10.2. The summed E-state index contributed by atoms with van der Waals surface area (Å²) < 4.78 is 5.79. The van der Waals surface area contributed by atoms with Crippen LogP contribution >= 0.6 is 34.5 Å². The summed E-state index contributed by atoms with van der Waals surface area (Å²) in [5, 5.41) is 4.58. The number of rotatable bonds is 6. The van der Waals surface area contributed by atoms with Crippen molar-refractivity contribution in [2.24, 2.45) is 0 Å². The topological polar surface area (TPSA) is 21.3 Å². The van der Waals surface area contributed by atoms with E-state index in [2.05, 4.69) is 32.2 Å². The Hall–Kier alpha value is -0.740. The number of ether oxygens (including phenoxy) is 1. The zero-order valence-corrected chi connectivity index (χ0v) is 14.7. The third kappa shape index (κ3) is 4.89. The average Bonchev–Trinajstić information content (AvgIpc) is 2.76. The minimum Gasteiger partial charge on any atom is -0.487 e. The van der Waals surface area contributed by atoms with Gasteiger partial charge in [-0.3, -0.25) is 0 Å². The molecule has 2 nitrogen and oxygen atoms in total. The Balaban J connectivity index is 1.99. The van der Waals surface area contributed by atoms with Gasteiger partial charge in [0.2, 0.25) is 0 Å². The molecule has 0 aliphatic rings. The second kappa shape index (κ2) is 7.50. The Bertz CT molecular complexity index is 610. The molecule has 0 saturated carbocycles. The van der Waals surface area contributed by atoms with Gasteiger partial charge in [0.05, 0.1) is 5.02 Å².